The number of phenolic OH excluding ortho intramolecular Hbond substituents is 4. The molecule has 0 aliphatic carbocycles. The van der Waals surface area contributed by atoms with E-state index in [2.05, 4.69) is 0 Å². The van der Waals surface area contributed by atoms with Crippen molar-refractivity contribution in [2.75, 3.05) is 0 Å². The molecular formula is C12H5F5O4. The maximum atomic E-state index is 13.6. The Kier molecular flexibility index (Phi) is 3.28. The lowest BCUT2D eigenvalue weighted by molar-refractivity contribution is 0.355. The zero-order valence-electron chi connectivity index (χ0n) is 9.76. The molecule has 2 rings (SSSR count). The van der Waals surface area contributed by atoms with Crippen LogP contribution in [0, 0.1) is 29.1 Å². The number of rotatable bonds is 1. The predicted octanol–water partition coefficient (Wildman–Crippen LogP) is 2.87. The molecule has 112 valence electrons. The Balaban J connectivity index is 2.96. The SMILES string of the molecule is Oc1cc(F)c(O)c(O)c1-c1c(F)c(F)c(O)c(F)c1F. The van der Waals surface area contributed by atoms with Gasteiger partial charge in [-0.3, -0.25) is 0 Å². The number of hydrogen-bond donors (Lipinski definition) is 4. The van der Waals surface area contributed by atoms with Gasteiger partial charge in [0.05, 0.1) is 11.1 Å². The standard InChI is InChI=1S/C12H5F5O4/c13-2-1-3(18)4(11(20)10(2)19)5-6(14)8(16)12(21)9(17)7(5)15/h1,18-21H. The first-order valence-electron chi connectivity index (χ1n) is 5.17. The van der Waals surface area contributed by atoms with Gasteiger partial charge in [0.15, 0.2) is 34.7 Å². The summed E-state index contributed by atoms with van der Waals surface area (Å²) in [5, 5.41) is 36.8. The van der Waals surface area contributed by atoms with Crippen LogP contribution in [0.25, 0.3) is 11.1 Å². The van der Waals surface area contributed by atoms with E-state index < -0.39 is 63.2 Å². The second kappa shape index (κ2) is 4.69. The van der Waals surface area contributed by atoms with Gasteiger partial charge in [0.25, 0.3) is 0 Å². The van der Waals surface area contributed by atoms with E-state index in [9.17, 15) is 32.2 Å². The van der Waals surface area contributed by atoms with Crippen molar-refractivity contribution in [1.29, 1.82) is 0 Å². The molecule has 0 heterocycles. The molecule has 0 spiro atoms. The number of aromatic hydroxyl groups is 4. The van der Waals surface area contributed by atoms with Crippen molar-refractivity contribution in [1.82, 2.24) is 0 Å². The first-order valence-corrected chi connectivity index (χ1v) is 5.17. The van der Waals surface area contributed by atoms with E-state index in [1.165, 1.54) is 0 Å². The zero-order valence-corrected chi connectivity index (χ0v) is 9.76. The normalized spacial score (nSPS) is 10.9. The van der Waals surface area contributed by atoms with Crippen LogP contribution in [0.3, 0.4) is 0 Å². The summed E-state index contributed by atoms with van der Waals surface area (Å²) < 4.78 is 66.8. The highest BCUT2D eigenvalue weighted by molar-refractivity contribution is 5.80. The van der Waals surface area contributed by atoms with Gasteiger partial charge < -0.3 is 20.4 Å². The van der Waals surface area contributed by atoms with E-state index in [1.807, 2.05) is 0 Å². The van der Waals surface area contributed by atoms with Gasteiger partial charge in [-0.2, -0.15) is 8.78 Å². The van der Waals surface area contributed by atoms with E-state index in [-0.39, 0.29) is 6.07 Å². The van der Waals surface area contributed by atoms with Crippen LogP contribution in [0.2, 0.25) is 0 Å². The summed E-state index contributed by atoms with van der Waals surface area (Å²) >= 11 is 0. The van der Waals surface area contributed by atoms with Crippen LogP contribution >= 0.6 is 0 Å². The fraction of sp³-hybridized carbons (Fsp3) is 0. The molecule has 0 amide bonds. The molecule has 21 heavy (non-hydrogen) atoms. The Bertz CT molecular complexity index is 731. The Morgan fingerprint density at radius 3 is 1.52 bits per heavy atom. The molecule has 9 heteroatoms. The second-order valence-corrected chi connectivity index (χ2v) is 3.93. The third-order valence-electron chi connectivity index (χ3n) is 2.70. The number of halogens is 5. The molecule has 0 radical (unpaired) electrons. The summed E-state index contributed by atoms with van der Waals surface area (Å²) in [5.74, 6) is -16.5. The highest BCUT2D eigenvalue weighted by Gasteiger charge is 2.31. The number of benzene rings is 2. The van der Waals surface area contributed by atoms with E-state index in [1.54, 1.807) is 0 Å². The van der Waals surface area contributed by atoms with E-state index in [0.717, 1.165) is 0 Å². The molecule has 0 bridgehead atoms. The first-order chi connectivity index (χ1) is 9.68. The van der Waals surface area contributed by atoms with Crippen LogP contribution in [0.15, 0.2) is 6.07 Å². The van der Waals surface area contributed by atoms with Crippen LogP contribution in [-0.4, -0.2) is 20.4 Å². The van der Waals surface area contributed by atoms with Crippen LogP contribution in [-0.2, 0) is 0 Å². The molecule has 4 N–H and O–H groups in total. The fourth-order valence-electron chi connectivity index (χ4n) is 1.70. The number of phenols is 4. The minimum absolute atomic E-state index is 0.173. The average Bonchev–Trinajstić information content (AvgIpc) is 2.44. The third-order valence-corrected chi connectivity index (χ3v) is 2.70. The molecule has 2 aromatic rings. The summed E-state index contributed by atoms with van der Waals surface area (Å²) in [6.07, 6.45) is 0. The lowest BCUT2D eigenvalue weighted by Gasteiger charge is -2.13. The average molecular weight is 308 g/mol. The molecule has 0 fully saturated rings. The van der Waals surface area contributed by atoms with Crippen molar-refractivity contribution < 1.29 is 42.4 Å². The molecule has 0 saturated heterocycles. The van der Waals surface area contributed by atoms with Gasteiger partial charge in [-0.25, -0.2) is 13.2 Å². The van der Waals surface area contributed by atoms with Gasteiger partial charge in [-0.05, 0) is 0 Å². The topological polar surface area (TPSA) is 80.9 Å². The van der Waals surface area contributed by atoms with Gasteiger partial charge in [-0.15, -0.1) is 0 Å². The summed E-state index contributed by atoms with van der Waals surface area (Å²) in [6.45, 7) is 0. The predicted molar refractivity (Wildman–Crippen MR) is 58.3 cm³/mol. The fourth-order valence-corrected chi connectivity index (χ4v) is 1.70. The largest absolute Gasteiger partial charge is 0.507 e. The zero-order chi connectivity index (χ0) is 16.1. The van der Waals surface area contributed by atoms with Crippen LogP contribution in [0.4, 0.5) is 22.0 Å². The second-order valence-electron chi connectivity index (χ2n) is 3.93. The Hall–Kier alpha value is -2.71. The van der Waals surface area contributed by atoms with Gasteiger partial charge >= 0.3 is 0 Å². The van der Waals surface area contributed by atoms with Crippen molar-refractivity contribution in [2.24, 2.45) is 0 Å². The van der Waals surface area contributed by atoms with Gasteiger partial charge in [0.1, 0.15) is 5.75 Å². The first kappa shape index (κ1) is 14.7. The summed E-state index contributed by atoms with van der Waals surface area (Å²) in [4.78, 5) is 0. The maximum Gasteiger partial charge on any atom is 0.204 e. The van der Waals surface area contributed by atoms with Crippen molar-refractivity contribution in [3.05, 3.63) is 35.2 Å². The molecule has 0 unspecified atom stereocenters. The maximum absolute atomic E-state index is 13.6. The Morgan fingerprint density at radius 1 is 0.571 bits per heavy atom. The minimum atomic E-state index is -2.19. The van der Waals surface area contributed by atoms with E-state index >= 15 is 0 Å². The molecule has 0 saturated carbocycles. The van der Waals surface area contributed by atoms with E-state index in [4.69, 9.17) is 10.2 Å². The van der Waals surface area contributed by atoms with Gasteiger partial charge in [0.2, 0.25) is 11.6 Å². The van der Waals surface area contributed by atoms with Crippen molar-refractivity contribution >= 4 is 0 Å². The highest BCUT2D eigenvalue weighted by atomic mass is 19.2. The van der Waals surface area contributed by atoms with Crippen molar-refractivity contribution in [3.8, 4) is 34.1 Å². The molecule has 0 atom stereocenters. The summed E-state index contributed by atoms with van der Waals surface area (Å²) in [5.41, 5.74) is -2.89. The van der Waals surface area contributed by atoms with Gasteiger partial charge in [-0.1, -0.05) is 0 Å². The Labute approximate surface area is 112 Å². The summed E-state index contributed by atoms with van der Waals surface area (Å²) in [7, 11) is 0. The van der Waals surface area contributed by atoms with Crippen molar-refractivity contribution in [3.63, 3.8) is 0 Å². The molecule has 0 aliphatic rings. The monoisotopic (exact) mass is 308 g/mol. The highest BCUT2D eigenvalue weighted by Crippen LogP contribution is 2.47. The smallest absolute Gasteiger partial charge is 0.204 e. The van der Waals surface area contributed by atoms with E-state index in [0.29, 0.717) is 0 Å². The molecular weight excluding hydrogens is 303 g/mol. The molecule has 0 aliphatic heterocycles. The molecule has 4 nitrogen and oxygen atoms in total. The van der Waals surface area contributed by atoms with Crippen molar-refractivity contribution in [2.45, 2.75) is 0 Å². The summed E-state index contributed by atoms with van der Waals surface area (Å²) in [6, 6.07) is 0.173. The van der Waals surface area contributed by atoms with Crippen LogP contribution in [0.1, 0.15) is 0 Å². The van der Waals surface area contributed by atoms with Gasteiger partial charge in [0, 0.05) is 6.07 Å². The van der Waals surface area contributed by atoms with Crippen LogP contribution < -0.4 is 0 Å². The lowest BCUT2D eigenvalue weighted by Crippen LogP contribution is -2.01. The molecule has 0 aromatic heterocycles. The quantitative estimate of drug-likeness (QED) is 0.283. The molecule has 2 aromatic carbocycles. The van der Waals surface area contributed by atoms with Crippen LogP contribution in [0.5, 0.6) is 23.0 Å². The Morgan fingerprint density at radius 2 is 1.05 bits per heavy atom. The number of hydrogen-bond acceptors (Lipinski definition) is 4. The lowest BCUT2D eigenvalue weighted by atomic mass is 10.0. The minimum Gasteiger partial charge on any atom is -0.507 e. The third kappa shape index (κ3) is 1.97.